The predicted octanol–water partition coefficient (Wildman–Crippen LogP) is 4.56. The van der Waals surface area contributed by atoms with Gasteiger partial charge < -0.3 is 14.6 Å². The van der Waals surface area contributed by atoms with Crippen molar-refractivity contribution in [1.29, 1.82) is 0 Å². The first kappa shape index (κ1) is 21.9. The number of hydrogen-bond donors (Lipinski definition) is 2. The normalized spacial score (nSPS) is 14.3. The molecule has 29 heavy (non-hydrogen) atoms. The van der Waals surface area contributed by atoms with Gasteiger partial charge in [-0.15, -0.1) is 23.5 Å². The van der Waals surface area contributed by atoms with Crippen molar-refractivity contribution < 1.29 is 19.4 Å². The monoisotopic (exact) mass is 496 g/mol. The largest absolute Gasteiger partial charge is 0.504 e. The lowest BCUT2D eigenvalue weighted by Gasteiger charge is -2.10. The number of aromatic hydroxyl groups is 1. The van der Waals surface area contributed by atoms with Crippen LogP contribution in [0.3, 0.4) is 0 Å². The number of phenols is 1. The van der Waals surface area contributed by atoms with Crippen LogP contribution in [0.15, 0.2) is 46.0 Å². The average Bonchev–Trinajstić information content (AvgIpc) is 3.25. The fourth-order valence-corrected chi connectivity index (χ4v) is 5.90. The lowest BCUT2D eigenvalue weighted by atomic mass is 10.2. The Balaban J connectivity index is 1.50. The van der Waals surface area contributed by atoms with Gasteiger partial charge in [-0.2, -0.15) is 5.10 Å². The van der Waals surface area contributed by atoms with Gasteiger partial charge in [0.25, 0.3) is 5.91 Å². The van der Waals surface area contributed by atoms with Gasteiger partial charge in [0, 0.05) is 21.5 Å². The molecule has 3 rings (SSSR count). The molecule has 0 aliphatic carbocycles. The van der Waals surface area contributed by atoms with E-state index in [4.69, 9.17) is 9.47 Å². The number of rotatable bonds is 8. The number of thioether (sulfide) groups is 2. The number of hydrazone groups is 1. The molecular weight excluding hydrogens is 476 g/mol. The molecule has 154 valence electrons. The minimum absolute atomic E-state index is 0.0389. The van der Waals surface area contributed by atoms with Crippen LogP contribution in [-0.4, -0.2) is 41.9 Å². The van der Waals surface area contributed by atoms with E-state index in [9.17, 15) is 9.90 Å². The maximum Gasteiger partial charge on any atom is 0.277 e. The van der Waals surface area contributed by atoms with Gasteiger partial charge in [-0.25, -0.2) is 5.43 Å². The van der Waals surface area contributed by atoms with E-state index < -0.39 is 5.91 Å². The number of benzene rings is 2. The van der Waals surface area contributed by atoms with Crippen LogP contribution in [0.2, 0.25) is 0 Å². The number of halogens is 1. The number of nitrogens with zero attached hydrogens (tertiary/aromatic N) is 1. The first-order valence-electron chi connectivity index (χ1n) is 9.00. The second-order valence-electron chi connectivity index (χ2n) is 6.00. The predicted molar refractivity (Wildman–Crippen MR) is 122 cm³/mol. The molecule has 9 heteroatoms. The molecule has 0 saturated carbocycles. The molecule has 2 N–H and O–H groups in total. The van der Waals surface area contributed by atoms with Gasteiger partial charge >= 0.3 is 0 Å². The Kier molecular flexibility index (Phi) is 8.14. The molecule has 1 aliphatic heterocycles. The molecule has 0 spiro atoms. The molecule has 1 amide bonds. The Bertz CT molecular complexity index is 872. The van der Waals surface area contributed by atoms with Crippen LogP contribution in [0.1, 0.15) is 22.6 Å². The van der Waals surface area contributed by atoms with E-state index in [1.165, 1.54) is 23.3 Å². The number of phenolic OH excluding ortho intramolecular Hbond substituents is 1. The van der Waals surface area contributed by atoms with Crippen molar-refractivity contribution in [1.82, 2.24) is 5.43 Å². The molecule has 0 aromatic heterocycles. The van der Waals surface area contributed by atoms with Gasteiger partial charge in [-0.1, -0.05) is 28.1 Å². The van der Waals surface area contributed by atoms with Gasteiger partial charge in [0.15, 0.2) is 18.1 Å². The van der Waals surface area contributed by atoms with E-state index in [2.05, 4.69) is 26.5 Å². The average molecular weight is 497 g/mol. The van der Waals surface area contributed by atoms with E-state index in [0.717, 1.165) is 4.47 Å². The SMILES string of the molecule is CCOc1cc(Br)cc(/C=N\NC(=O)COc2ccc(C3SCCS3)cc2)c1O. The zero-order valence-corrected chi connectivity index (χ0v) is 19.0. The van der Waals surface area contributed by atoms with E-state index >= 15 is 0 Å². The number of nitrogens with one attached hydrogen (secondary N) is 1. The number of carbonyl (C=O) groups is 1. The Labute approximate surface area is 186 Å². The zero-order chi connectivity index (χ0) is 20.6. The lowest BCUT2D eigenvalue weighted by molar-refractivity contribution is -0.123. The molecule has 1 heterocycles. The summed E-state index contributed by atoms with van der Waals surface area (Å²) in [4.78, 5) is 12.0. The molecule has 0 radical (unpaired) electrons. The number of amides is 1. The first-order valence-corrected chi connectivity index (χ1v) is 11.9. The minimum Gasteiger partial charge on any atom is -0.504 e. The van der Waals surface area contributed by atoms with Gasteiger partial charge in [0.2, 0.25) is 0 Å². The van der Waals surface area contributed by atoms with Crippen molar-refractivity contribution in [2.45, 2.75) is 11.5 Å². The highest BCUT2D eigenvalue weighted by Crippen LogP contribution is 2.45. The van der Waals surface area contributed by atoms with Gasteiger partial charge in [-0.05, 0) is 36.8 Å². The Hall–Kier alpha value is -1.84. The van der Waals surface area contributed by atoms with Crippen molar-refractivity contribution in [3.63, 3.8) is 0 Å². The van der Waals surface area contributed by atoms with Crippen molar-refractivity contribution in [2.75, 3.05) is 24.7 Å². The van der Waals surface area contributed by atoms with Crippen LogP contribution < -0.4 is 14.9 Å². The molecule has 1 fully saturated rings. The molecule has 1 saturated heterocycles. The van der Waals surface area contributed by atoms with E-state index in [1.807, 2.05) is 54.7 Å². The third kappa shape index (κ3) is 6.32. The summed E-state index contributed by atoms with van der Waals surface area (Å²) in [6, 6.07) is 11.2. The first-order chi connectivity index (χ1) is 14.1. The molecule has 0 bridgehead atoms. The minimum atomic E-state index is -0.397. The Morgan fingerprint density at radius 2 is 2.00 bits per heavy atom. The summed E-state index contributed by atoms with van der Waals surface area (Å²) < 4.78 is 12.1. The van der Waals surface area contributed by atoms with Crippen LogP contribution in [0, 0.1) is 0 Å². The molecule has 1 aliphatic rings. The second kappa shape index (κ2) is 10.8. The van der Waals surface area contributed by atoms with Gasteiger partial charge in [0.1, 0.15) is 5.75 Å². The van der Waals surface area contributed by atoms with Crippen LogP contribution in [0.25, 0.3) is 0 Å². The summed E-state index contributed by atoms with van der Waals surface area (Å²) in [5.74, 6) is 2.90. The Morgan fingerprint density at radius 1 is 1.28 bits per heavy atom. The topological polar surface area (TPSA) is 80.2 Å². The van der Waals surface area contributed by atoms with E-state index in [-0.39, 0.29) is 12.4 Å². The molecule has 2 aromatic rings. The maximum absolute atomic E-state index is 12.0. The lowest BCUT2D eigenvalue weighted by Crippen LogP contribution is -2.24. The molecule has 0 atom stereocenters. The van der Waals surface area contributed by atoms with Crippen molar-refractivity contribution in [3.05, 3.63) is 52.0 Å². The van der Waals surface area contributed by atoms with Crippen molar-refractivity contribution in [3.8, 4) is 17.2 Å². The summed E-state index contributed by atoms with van der Waals surface area (Å²) in [7, 11) is 0. The highest BCUT2D eigenvalue weighted by atomic mass is 79.9. The standard InChI is InChI=1S/C20H21BrN2O4S2/c1-2-26-17-10-15(21)9-14(19(17)25)11-22-23-18(24)12-27-16-5-3-13(4-6-16)20-28-7-8-29-20/h3-6,9-11,20,25H,2,7-8,12H2,1H3,(H,23,24)/b22-11-. The summed E-state index contributed by atoms with van der Waals surface area (Å²) in [6.45, 7) is 2.10. The molecular formula is C20H21BrN2O4S2. The molecule has 2 aromatic carbocycles. The Morgan fingerprint density at radius 3 is 2.69 bits per heavy atom. The van der Waals surface area contributed by atoms with Gasteiger partial charge in [0.05, 0.1) is 17.4 Å². The fraction of sp³-hybridized carbons (Fsp3) is 0.300. The number of carbonyl (C=O) groups excluding carboxylic acids is 1. The van der Waals surface area contributed by atoms with Crippen LogP contribution in [-0.2, 0) is 4.79 Å². The highest BCUT2D eigenvalue weighted by molar-refractivity contribution is 9.10. The summed E-state index contributed by atoms with van der Waals surface area (Å²) in [5.41, 5.74) is 4.07. The highest BCUT2D eigenvalue weighted by Gasteiger charge is 2.18. The quantitative estimate of drug-likeness (QED) is 0.411. The van der Waals surface area contributed by atoms with Gasteiger partial charge in [-0.3, -0.25) is 4.79 Å². The van der Waals surface area contributed by atoms with Crippen LogP contribution in [0.4, 0.5) is 0 Å². The smallest absolute Gasteiger partial charge is 0.277 e. The van der Waals surface area contributed by atoms with E-state index in [0.29, 0.717) is 28.3 Å². The summed E-state index contributed by atoms with van der Waals surface area (Å²) >= 11 is 7.24. The summed E-state index contributed by atoms with van der Waals surface area (Å²) in [5, 5.41) is 14.1. The third-order valence-corrected chi connectivity index (χ3v) is 7.47. The van der Waals surface area contributed by atoms with Crippen LogP contribution >= 0.6 is 39.5 Å². The molecule has 0 unspecified atom stereocenters. The second-order valence-corrected chi connectivity index (χ2v) is 9.64. The van der Waals surface area contributed by atoms with Crippen LogP contribution in [0.5, 0.6) is 17.2 Å². The van der Waals surface area contributed by atoms with E-state index in [1.54, 1.807) is 12.1 Å². The summed E-state index contributed by atoms with van der Waals surface area (Å²) in [6.07, 6.45) is 1.35. The number of ether oxygens (including phenoxy) is 2. The third-order valence-electron chi connectivity index (χ3n) is 3.91. The number of hydrogen-bond acceptors (Lipinski definition) is 7. The molecule has 6 nitrogen and oxygen atoms in total. The fourth-order valence-electron chi connectivity index (χ4n) is 2.59. The van der Waals surface area contributed by atoms with Crippen molar-refractivity contribution >= 4 is 51.6 Å². The zero-order valence-electron chi connectivity index (χ0n) is 15.8. The maximum atomic E-state index is 12.0. The van der Waals surface area contributed by atoms with Crippen molar-refractivity contribution in [2.24, 2.45) is 5.10 Å².